The van der Waals surface area contributed by atoms with E-state index in [1.54, 1.807) is 7.11 Å². The number of halogens is 1. The minimum Gasteiger partial charge on any atom is -0.493 e. The second-order valence-corrected chi connectivity index (χ2v) is 7.20. The fourth-order valence-corrected chi connectivity index (χ4v) is 3.41. The van der Waals surface area contributed by atoms with E-state index < -0.39 is 0 Å². The SMILES string of the molecule is CCCN1CCC(CNC(=NC)NCC(C)Oc2ccccc2OC)CC1.I. The third-order valence-electron chi connectivity index (χ3n) is 4.98. The highest BCUT2D eigenvalue weighted by atomic mass is 127. The fourth-order valence-electron chi connectivity index (χ4n) is 3.41. The number of hydrogen-bond donors (Lipinski definition) is 2. The highest BCUT2D eigenvalue weighted by molar-refractivity contribution is 14.0. The molecule has 6 nitrogen and oxygen atoms in total. The third kappa shape index (κ3) is 8.43. The van der Waals surface area contributed by atoms with Crippen LogP contribution in [0.5, 0.6) is 11.5 Å². The number of nitrogens with zero attached hydrogens (tertiary/aromatic N) is 2. The zero-order valence-corrected chi connectivity index (χ0v) is 20.1. The van der Waals surface area contributed by atoms with Gasteiger partial charge in [-0.25, -0.2) is 0 Å². The molecular weight excluding hydrogens is 467 g/mol. The number of nitrogens with one attached hydrogen (secondary N) is 2. The maximum Gasteiger partial charge on any atom is 0.191 e. The average Bonchev–Trinajstić information content (AvgIpc) is 2.70. The molecule has 0 saturated carbocycles. The van der Waals surface area contributed by atoms with E-state index in [0.29, 0.717) is 6.54 Å². The fraction of sp³-hybridized carbons (Fsp3) is 0.667. The van der Waals surface area contributed by atoms with Crippen LogP contribution < -0.4 is 20.1 Å². The van der Waals surface area contributed by atoms with E-state index in [1.165, 1.54) is 38.9 Å². The summed E-state index contributed by atoms with van der Waals surface area (Å²) in [4.78, 5) is 6.90. The standard InChI is InChI=1S/C21H36N4O2.HI/c1-5-12-25-13-10-18(11-14-25)16-24-21(22-3)23-15-17(2)27-20-9-7-6-8-19(20)26-4;/h6-9,17-18H,5,10-16H2,1-4H3,(H2,22,23,24);1H. The number of likely N-dealkylation sites (tertiary alicyclic amines) is 1. The van der Waals surface area contributed by atoms with Gasteiger partial charge < -0.3 is 25.0 Å². The summed E-state index contributed by atoms with van der Waals surface area (Å²) in [6, 6.07) is 7.71. The number of hydrogen-bond acceptors (Lipinski definition) is 4. The van der Waals surface area contributed by atoms with Crippen LogP contribution in [0, 0.1) is 5.92 Å². The van der Waals surface area contributed by atoms with Gasteiger partial charge in [0.2, 0.25) is 0 Å². The molecule has 2 N–H and O–H groups in total. The minimum absolute atomic E-state index is 0. The smallest absolute Gasteiger partial charge is 0.191 e. The zero-order chi connectivity index (χ0) is 19.5. The summed E-state index contributed by atoms with van der Waals surface area (Å²) in [6.07, 6.45) is 3.76. The van der Waals surface area contributed by atoms with E-state index >= 15 is 0 Å². The van der Waals surface area contributed by atoms with Crippen LogP contribution in [0.2, 0.25) is 0 Å². The molecule has 1 aliphatic rings. The second kappa shape index (κ2) is 13.9. The van der Waals surface area contributed by atoms with Crippen LogP contribution in [0.15, 0.2) is 29.3 Å². The lowest BCUT2D eigenvalue weighted by molar-refractivity contribution is 0.185. The predicted octanol–water partition coefficient (Wildman–Crippen LogP) is 3.37. The Morgan fingerprint density at radius 3 is 2.50 bits per heavy atom. The number of ether oxygens (including phenoxy) is 2. The molecule has 1 aromatic carbocycles. The Labute approximate surface area is 187 Å². The molecule has 1 aromatic rings. The summed E-state index contributed by atoms with van der Waals surface area (Å²) in [7, 11) is 3.47. The van der Waals surface area contributed by atoms with Gasteiger partial charge in [0.05, 0.1) is 13.7 Å². The van der Waals surface area contributed by atoms with E-state index in [1.807, 2.05) is 38.2 Å². The summed E-state index contributed by atoms with van der Waals surface area (Å²) >= 11 is 0. The molecule has 1 aliphatic heterocycles. The van der Waals surface area contributed by atoms with Gasteiger partial charge in [0.15, 0.2) is 17.5 Å². The third-order valence-corrected chi connectivity index (χ3v) is 4.98. The van der Waals surface area contributed by atoms with Gasteiger partial charge in [-0.2, -0.15) is 0 Å². The van der Waals surface area contributed by atoms with Crippen LogP contribution in [0.4, 0.5) is 0 Å². The molecule has 0 spiro atoms. The molecule has 1 atom stereocenters. The molecule has 28 heavy (non-hydrogen) atoms. The molecule has 0 bridgehead atoms. The Kier molecular flexibility index (Phi) is 12.3. The molecular formula is C21H37IN4O2. The van der Waals surface area contributed by atoms with Crippen LogP contribution in [0.1, 0.15) is 33.1 Å². The lowest BCUT2D eigenvalue weighted by atomic mass is 9.97. The first-order valence-corrected chi connectivity index (χ1v) is 10.1. The van der Waals surface area contributed by atoms with E-state index in [-0.39, 0.29) is 30.1 Å². The van der Waals surface area contributed by atoms with Gasteiger partial charge in [-0.1, -0.05) is 19.1 Å². The van der Waals surface area contributed by atoms with Crippen LogP contribution in [0.3, 0.4) is 0 Å². The van der Waals surface area contributed by atoms with Crippen molar-refractivity contribution in [3.8, 4) is 11.5 Å². The maximum absolute atomic E-state index is 5.98. The topological polar surface area (TPSA) is 58.1 Å². The lowest BCUT2D eigenvalue weighted by Crippen LogP contribution is -2.45. The van der Waals surface area contributed by atoms with Crippen molar-refractivity contribution in [2.24, 2.45) is 10.9 Å². The molecule has 2 rings (SSSR count). The zero-order valence-electron chi connectivity index (χ0n) is 17.7. The molecule has 0 radical (unpaired) electrons. The molecule has 0 aliphatic carbocycles. The van der Waals surface area contributed by atoms with Crippen molar-refractivity contribution in [3.63, 3.8) is 0 Å². The Morgan fingerprint density at radius 2 is 1.89 bits per heavy atom. The molecule has 1 fully saturated rings. The van der Waals surface area contributed by atoms with Crippen molar-refractivity contribution in [1.29, 1.82) is 0 Å². The monoisotopic (exact) mass is 504 g/mol. The van der Waals surface area contributed by atoms with Crippen molar-refractivity contribution >= 4 is 29.9 Å². The first-order valence-electron chi connectivity index (χ1n) is 10.1. The molecule has 0 amide bonds. The van der Waals surface area contributed by atoms with Crippen molar-refractivity contribution in [1.82, 2.24) is 15.5 Å². The van der Waals surface area contributed by atoms with Crippen LogP contribution in [-0.2, 0) is 0 Å². The number of piperidine rings is 1. The van der Waals surface area contributed by atoms with Crippen molar-refractivity contribution in [2.45, 2.75) is 39.2 Å². The van der Waals surface area contributed by atoms with Crippen molar-refractivity contribution < 1.29 is 9.47 Å². The summed E-state index contributed by atoms with van der Waals surface area (Å²) in [5, 5.41) is 6.83. The van der Waals surface area contributed by atoms with E-state index in [4.69, 9.17) is 9.47 Å². The highest BCUT2D eigenvalue weighted by Gasteiger charge is 2.18. The van der Waals surface area contributed by atoms with E-state index in [2.05, 4.69) is 27.4 Å². The average molecular weight is 504 g/mol. The molecule has 1 unspecified atom stereocenters. The van der Waals surface area contributed by atoms with Gasteiger partial charge >= 0.3 is 0 Å². The largest absolute Gasteiger partial charge is 0.493 e. The van der Waals surface area contributed by atoms with Gasteiger partial charge in [-0.05, 0) is 63.9 Å². The number of para-hydroxylation sites is 2. The minimum atomic E-state index is -0.00266. The quantitative estimate of drug-likeness (QED) is 0.307. The number of methoxy groups -OCH3 is 1. The van der Waals surface area contributed by atoms with Gasteiger partial charge in [0.25, 0.3) is 0 Å². The van der Waals surface area contributed by atoms with Crippen LogP contribution in [0.25, 0.3) is 0 Å². The summed E-state index contributed by atoms with van der Waals surface area (Å²) in [5.74, 6) is 3.07. The first kappa shape index (κ1) is 24.8. The van der Waals surface area contributed by atoms with Gasteiger partial charge in [-0.15, -0.1) is 24.0 Å². The summed E-state index contributed by atoms with van der Waals surface area (Å²) in [6.45, 7) is 9.60. The maximum atomic E-state index is 5.98. The predicted molar refractivity (Wildman–Crippen MR) is 127 cm³/mol. The van der Waals surface area contributed by atoms with Crippen molar-refractivity contribution in [3.05, 3.63) is 24.3 Å². The Balaban J connectivity index is 0.00000392. The van der Waals surface area contributed by atoms with Gasteiger partial charge in [0, 0.05) is 13.6 Å². The van der Waals surface area contributed by atoms with Gasteiger partial charge in [0.1, 0.15) is 6.10 Å². The van der Waals surface area contributed by atoms with E-state index in [9.17, 15) is 0 Å². The summed E-state index contributed by atoms with van der Waals surface area (Å²) < 4.78 is 11.3. The Hall–Kier alpha value is -1.22. The first-order chi connectivity index (χ1) is 13.2. The number of benzene rings is 1. The number of guanidine groups is 1. The normalized spacial score (nSPS) is 16.8. The van der Waals surface area contributed by atoms with E-state index in [0.717, 1.165) is 29.9 Å². The van der Waals surface area contributed by atoms with Crippen LogP contribution >= 0.6 is 24.0 Å². The van der Waals surface area contributed by atoms with Gasteiger partial charge in [-0.3, -0.25) is 4.99 Å². The molecule has 0 aromatic heterocycles. The molecule has 160 valence electrons. The van der Waals surface area contributed by atoms with Crippen molar-refractivity contribution in [2.75, 3.05) is 46.9 Å². The molecule has 1 heterocycles. The highest BCUT2D eigenvalue weighted by Crippen LogP contribution is 2.26. The molecule has 1 saturated heterocycles. The second-order valence-electron chi connectivity index (χ2n) is 7.20. The number of rotatable bonds is 9. The Morgan fingerprint density at radius 1 is 1.21 bits per heavy atom. The van der Waals surface area contributed by atoms with Crippen LogP contribution in [-0.4, -0.2) is 63.8 Å². The summed E-state index contributed by atoms with van der Waals surface area (Å²) in [5.41, 5.74) is 0. The molecule has 7 heteroatoms. The number of aliphatic imine (C=N–C) groups is 1. The Bertz CT molecular complexity index is 577. The lowest BCUT2D eigenvalue weighted by Gasteiger charge is -2.32.